The zero-order valence-electron chi connectivity index (χ0n) is 14.1. The Kier molecular flexibility index (Phi) is 4.01. The molecule has 1 aliphatic carbocycles. The summed E-state index contributed by atoms with van der Waals surface area (Å²) in [6.07, 6.45) is 2.80. The number of nitrogens with two attached hydrogens (primary N) is 1. The summed E-state index contributed by atoms with van der Waals surface area (Å²) in [6, 6.07) is 13.9. The van der Waals surface area contributed by atoms with Crippen molar-refractivity contribution in [2.75, 3.05) is 10.6 Å². The lowest BCUT2D eigenvalue weighted by Crippen LogP contribution is -2.19. The largest absolute Gasteiger partial charge is 0.351 e. The molecule has 1 aromatic heterocycles. The van der Waals surface area contributed by atoms with Crippen molar-refractivity contribution in [3.05, 3.63) is 65.4 Å². The molecule has 2 aromatic carbocycles. The van der Waals surface area contributed by atoms with Gasteiger partial charge < -0.3 is 16.4 Å². The lowest BCUT2D eigenvalue weighted by Gasteiger charge is -2.13. The molecular weight excluding hydrogens is 328 g/mol. The van der Waals surface area contributed by atoms with Crippen LogP contribution in [0.25, 0.3) is 10.9 Å². The van der Waals surface area contributed by atoms with Gasteiger partial charge in [0.1, 0.15) is 0 Å². The second-order valence-corrected chi connectivity index (χ2v) is 6.30. The predicted octanol–water partition coefficient (Wildman–Crippen LogP) is 3.47. The number of aryl methyl sites for hydroxylation is 1. The van der Waals surface area contributed by atoms with Crippen LogP contribution in [-0.4, -0.2) is 16.9 Å². The average Bonchev–Trinajstić information content (AvgIpc) is 3.08. The van der Waals surface area contributed by atoms with Crippen LogP contribution in [-0.2, 0) is 12.8 Å². The van der Waals surface area contributed by atoms with Gasteiger partial charge in [-0.05, 0) is 55.2 Å². The maximum Gasteiger partial charge on any atom is 0.316 e. The number of carbonyl (C=O) groups is 2. The number of amides is 3. The lowest BCUT2D eigenvalue weighted by atomic mass is 10.0. The second-order valence-electron chi connectivity index (χ2n) is 6.30. The van der Waals surface area contributed by atoms with E-state index >= 15 is 0 Å². The molecule has 0 saturated heterocycles. The number of anilines is 2. The van der Waals surface area contributed by atoms with Crippen molar-refractivity contribution in [1.82, 2.24) is 4.98 Å². The van der Waals surface area contributed by atoms with Crippen molar-refractivity contribution in [2.24, 2.45) is 5.73 Å². The van der Waals surface area contributed by atoms with Crippen LogP contribution in [0.1, 0.15) is 28.0 Å². The monoisotopic (exact) mass is 346 g/mol. The number of nitrogens with zero attached hydrogens (tertiary/aromatic N) is 1. The van der Waals surface area contributed by atoms with Gasteiger partial charge in [-0.15, -0.1) is 0 Å². The summed E-state index contributed by atoms with van der Waals surface area (Å²) < 4.78 is 0. The van der Waals surface area contributed by atoms with Crippen LogP contribution in [0.3, 0.4) is 0 Å². The number of hydrogen-bond donors (Lipinski definition) is 3. The second kappa shape index (κ2) is 6.48. The molecule has 1 aliphatic rings. The number of fused-ring (bicyclic) bond motifs is 2. The van der Waals surface area contributed by atoms with Crippen molar-refractivity contribution in [1.29, 1.82) is 0 Å². The molecule has 0 fully saturated rings. The number of aromatic nitrogens is 1. The smallest absolute Gasteiger partial charge is 0.316 e. The van der Waals surface area contributed by atoms with Crippen LogP contribution in [0.15, 0.2) is 48.5 Å². The van der Waals surface area contributed by atoms with E-state index in [1.165, 1.54) is 0 Å². The molecule has 4 rings (SSSR count). The van der Waals surface area contributed by atoms with Crippen LogP contribution >= 0.6 is 0 Å². The van der Waals surface area contributed by atoms with Gasteiger partial charge in [-0.2, -0.15) is 0 Å². The van der Waals surface area contributed by atoms with E-state index in [-0.39, 0.29) is 5.91 Å². The van der Waals surface area contributed by atoms with Crippen LogP contribution in [0, 0.1) is 0 Å². The van der Waals surface area contributed by atoms with Crippen molar-refractivity contribution >= 4 is 34.2 Å². The minimum Gasteiger partial charge on any atom is -0.351 e. The molecule has 3 aromatic rings. The third-order valence-electron chi connectivity index (χ3n) is 4.56. The molecule has 0 spiro atoms. The van der Waals surface area contributed by atoms with Gasteiger partial charge >= 0.3 is 6.03 Å². The minimum atomic E-state index is -0.624. The predicted molar refractivity (Wildman–Crippen MR) is 101 cm³/mol. The number of carbonyl (C=O) groups excluding carboxylic acids is 2. The van der Waals surface area contributed by atoms with Gasteiger partial charge in [0.15, 0.2) is 0 Å². The summed E-state index contributed by atoms with van der Waals surface area (Å²) >= 11 is 0. The van der Waals surface area contributed by atoms with E-state index in [2.05, 4.69) is 10.6 Å². The maximum atomic E-state index is 13.0. The fraction of sp³-hybridized carbons (Fsp3) is 0.150. The lowest BCUT2D eigenvalue weighted by molar-refractivity contribution is 0.102. The highest BCUT2D eigenvalue weighted by molar-refractivity contribution is 6.13. The Morgan fingerprint density at radius 2 is 1.62 bits per heavy atom. The summed E-state index contributed by atoms with van der Waals surface area (Å²) in [6.45, 7) is 0. The Balaban J connectivity index is 1.67. The topological polar surface area (TPSA) is 97.1 Å². The van der Waals surface area contributed by atoms with E-state index in [0.29, 0.717) is 16.9 Å². The van der Waals surface area contributed by atoms with Crippen molar-refractivity contribution in [2.45, 2.75) is 19.3 Å². The standard InChI is InChI=1S/C20H18N4O2/c21-20(26)23-13-10-8-12(9-11-13)22-19(25)18-14-4-1-2-6-16(14)24-17-7-3-5-15(17)18/h1-2,4,6,8-11H,3,5,7H2,(H,22,25)(H3,21,23,26). The molecule has 1 heterocycles. The normalized spacial score (nSPS) is 12.6. The third kappa shape index (κ3) is 2.97. The fourth-order valence-corrected chi connectivity index (χ4v) is 3.44. The van der Waals surface area contributed by atoms with E-state index in [9.17, 15) is 9.59 Å². The number of benzene rings is 2. The summed E-state index contributed by atoms with van der Waals surface area (Å²) in [4.78, 5) is 28.6. The molecule has 0 radical (unpaired) electrons. The molecule has 3 amide bonds. The first-order chi connectivity index (χ1) is 12.6. The molecule has 6 heteroatoms. The van der Waals surface area contributed by atoms with E-state index in [1.807, 2.05) is 24.3 Å². The van der Waals surface area contributed by atoms with Gasteiger partial charge in [0.25, 0.3) is 5.91 Å². The third-order valence-corrected chi connectivity index (χ3v) is 4.56. The Bertz CT molecular complexity index is 1010. The molecule has 6 nitrogen and oxygen atoms in total. The number of urea groups is 1. The Morgan fingerprint density at radius 3 is 2.35 bits per heavy atom. The minimum absolute atomic E-state index is 0.141. The van der Waals surface area contributed by atoms with E-state index in [1.54, 1.807) is 24.3 Å². The molecule has 0 atom stereocenters. The Morgan fingerprint density at radius 1 is 0.923 bits per heavy atom. The Hall–Kier alpha value is -3.41. The Labute approximate surface area is 150 Å². The van der Waals surface area contributed by atoms with E-state index in [4.69, 9.17) is 10.7 Å². The first-order valence-corrected chi connectivity index (χ1v) is 8.50. The number of rotatable bonds is 3. The molecule has 0 aliphatic heterocycles. The maximum absolute atomic E-state index is 13.0. The number of pyridine rings is 1. The molecule has 4 N–H and O–H groups in total. The van der Waals surface area contributed by atoms with Gasteiger partial charge in [0.2, 0.25) is 0 Å². The fourth-order valence-electron chi connectivity index (χ4n) is 3.44. The summed E-state index contributed by atoms with van der Waals surface area (Å²) in [5.74, 6) is -0.141. The van der Waals surface area contributed by atoms with Crippen LogP contribution < -0.4 is 16.4 Å². The first-order valence-electron chi connectivity index (χ1n) is 8.50. The highest BCUT2D eigenvalue weighted by atomic mass is 16.2. The first kappa shape index (κ1) is 16.1. The van der Waals surface area contributed by atoms with Crippen molar-refractivity contribution in [3.63, 3.8) is 0 Å². The van der Waals surface area contributed by atoms with Gasteiger partial charge in [-0.25, -0.2) is 4.79 Å². The molecular formula is C20H18N4O2. The quantitative estimate of drug-likeness (QED) is 0.677. The zero-order chi connectivity index (χ0) is 18.1. The molecule has 0 saturated carbocycles. The number of primary amides is 1. The van der Waals surface area contributed by atoms with Crippen LogP contribution in [0.4, 0.5) is 16.2 Å². The van der Waals surface area contributed by atoms with E-state index in [0.717, 1.165) is 41.4 Å². The van der Waals surface area contributed by atoms with E-state index < -0.39 is 6.03 Å². The highest BCUT2D eigenvalue weighted by Crippen LogP contribution is 2.30. The number of hydrogen-bond acceptors (Lipinski definition) is 3. The van der Waals surface area contributed by atoms with Gasteiger partial charge in [0, 0.05) is 22.5 Å². The van der Waals surface area contributed by atoms with Crippen LogP contribution in [0.5, 0.6) is 0 Å². The van der Waals surface area contributed by atoms with Gasteiger partial charge in [-0.1, -0.05) is 18.2 Å². The van der Waals surface area contributed by atoms with Gasteiger partial charge in [-0.3, -0.25) is 9.78 Å². The summed E-state index contributed by atoms with van der Waals surface area (Å²) in [5, 5.41) is 6.32. The van der Waals surface area contributed by atoms with Crippen molar-refractivity contribution < 1.29 is 9.59 Å². The zero-order valence-corrected chi connectivity index (χ0v) is 14.1. The molecule has 0 bridgehead atoms. The number of nitrogens with one attached hydrogen (secondary N) is 2. The SMILES string of the molecule is NC(=O)Nc1ccc(NC(=O)c2c3c(nc4ccccc24)CCC3)cc1. The van der Waals surface area contributed by atoms with Crippen molar-refractivity contribution in [3.8, 4) is 0 Å². The molecule has 26 heavy (non-hydrogen) atoms. The molecule has 0 unspecified atom stereocenters. The molecule has 130 valence electrons. The van der Waals surface area contributed by atoms with Gasteiger partial charge in [0.05, 0.1) is 11.1 Å². The van der Waals surface area contributed by atoms with Crippen LogP contribution in [0.2, 0.25) is 0 Å². The average molecular weight is 346 g/mol. The summed E-state index contributed by atoms with van der Waals surface area (Å²) in [5.41, 5.74) is 9.95. The summed E-state index contributed by atoms with van der Waals surface area (Å²) in [7, 11) is 0. The highest BCUT2D eigenvalue weighted by Gasteiger charge is 2.23. The number of para-hydroxylation sites is 1.